The summed E-state index contributed by atoms with van der Waals surface area (Å²) >= 11 is 0. The van der Waals surface area contributed by atoms with Crippen LogP contribution in [0.5, 0.6) is 0 Å². The average molecular weight is 371 g/mol. The highest BCUT2D eigenvalue weighted by Gasteiger charge is 2.18. The first-order valence-corrected chi connectivity index (χ1v) is 8.84. The Kier molecular flexibility index (Phi) is 5.97. The highest BCUT2D eigenvalue weighted by molar-refractivity contribution is 6.12. The molecule has 0 spiro atoms. The fourth-order valence-corrected chi connectivity index (χ4v) is 2.58. The summed E-state index contributed by atoms with van der Waals surface area (Å²) in [7, 11) is 3.90. The molecule has 0 bridgehead atoms. The van der Waals surface area contributed by atoms with Crippen LogP contribution in [0.2, 0.25) is 0 Å². The summed E-state index contributed by atoms with van der Waals surface area (Å²) < 4.78 is 0. The van der Waals surface area contributed by atoms with Crippen LogP contribution < -0.4 is 4.90 Å². The second-order valence-electron chi connectivity index (χ2n) is 6.37. The van der Waals surface area contributed by atoms with Crippen molar-refractivity contribution < 1.29 is 9.90 Å². The van der Waals surface area contributed by atoms with Crippen molar-refractivity contribution >= 4 is 22.9 Å². The molecule has 3 aromatic rings. The minimum absolute atomic E-state index is 0.103. The van der Waals surface area contributed by atoms with Gasteiger partial charge in [0.1, 0.15) is 0 Å². The number of anilines is 1. The molecule has 0 aliphatic rings. The van der Waals surface area contributed by atoms with E-state index < -0.39 is 5.78 Å². The predicted octanol–water partition coefficient (Wildman–Crippen LogP) is 5.65. The third-order valence-electron chi connectivity index (χ3n) is 4.15. The minimum atomic E-state index is -0.393. The zero-order valence-corrected chi connectivity index (χ0v) is 15.8. The first-order valence-electron chi connectivity index (χ1n) is 8.84. The van der Waals surface area contributed by atoms with Crippen molar-refractivity contribution in [2.45, 2.75) is 0 Å². The molecule has 5 heteroatoms. The minimum Gasteiger partial charge on any atom is -0.505 e. The number of hydrogen-bond acceptors (Lipinski definition) is 5. The Bertz CT molecular complexity index is 993. The normalized spacial score (nSPS) is 11.9. The Hall–Kier alpha value is -3.73. The second-order valence-corrected chi connectivity index (χ2v) is 6.37. The van der Waals surface area contributed by atoms with Crippen molar-refractivity contribution in [3.05, 3.63) is 102 Å². The number of ketones is 1. The van der Waals surface area contributed by atoms with Gasteiger partial charge in [-0.1, -0.05) is 60.7 Å². The van der Waals surface area contributed by atoms with Crippen LogP contribution in [0.4, 0.5) is 11.4 Å². The molecule has 28 heavy (non-hydrogen) atoms. The lowest BCUT2D eigenvalue weighted by molar-refractivity contribution is 0.103. The summed E-state index contributed by atoms with van der Waals surface area (Å²) in [5, 5.41) is 19.0. The van der Waals surface area contributed by atoms with Gasteiger partial charge in [-0.3, -0.25) is 4.79 Å². The molecule has 1 N–H and O–H groups in total. The van der Waals surface area contributed by atoms with Crippen LogP contribution in [0, 0.1) is 0 Å². The van der Waals surface area contributed by atoms with Crippen LogP contribution >= 0.6 is 0 Å². The van der Waals surface area contributed by atoms with E-state index in [-0.39, 0.29) is 11.5 Å². The summed E-state index contributed by atoms with van der Waals surface area (Å²) in [6, 6.07) is 25.0. The second kappa shape index (κ2) is 8.77. The number of nitrogens with zero attached hydrogens (tertiary/aromatic N) is 3. The Morgan fingerprint density at radius 2 is 1.32 bits per heavy atom. The quantitative estimate of drug-likeness (QED) is 0.264. The van der Waals surface area contributed by atoms with E-state index in [0.29, 0.717) is 16.8 Å². The number of aliphatic hydroxyl groups is 1. The number of carbonyl (C=O) groups excluding carboxylic acids is 1. The van der Waals surface area contributed by atoms with E-state index in [9.17, 15) is 9.90 Å². The number of hydrogen-bond donors (Lipinski definition) is 1. The molecule has 0 saturated carbocycles. The maximum absolute atomic E-state index is 12.9. The highest BCUT2D eigenvalue weighted by Crippen LogP contribution is 2.24. The van der Waals surface area contributed by atoms with E-state index >= 15 is 0 Å². The first kappa shape index (κ1) is 19.0. The van der Waals surface area contributed by atoms with Crippen molar-refractivity contribution in [2.24, 2.45) is 10.2 Å². The molecular formula is C23H21N3O2. The lowest BCUT2D eigenvalue weighted by Crippen LogP contribution is -2.07. The SMILES string of the molecule is CN(C)c1ccc(N=N/C(C(=O)c2ccccc2)=C(\O)c2ccccc2)cc1. The predicted molar refractivity (Wildman–Crippen MR) is 112 cm³/mol. The van der Waals surface area contributed by atoms with Gasteiger partial charge in [0.05, 0.1) is 5.69 Å². The van der Waals surface area contributed by atoms with Gasteiger partial charge in [0, 0.05) is 30.9 Å². The fraction of sp³-hybridized carbons (Fsp3) is 0.0870. The molecule has 0 aromatic heterocycles. The Morgan fingerprint density at radius 1 is 0.786 bits per heavy atom. The molecule has 3 aromatic carbocycles. The number of allylic oxidation sites excluding steroid dienone is 1. The van der Waals surface area contributed by atoms with E-state index in [2.05, 4.69) is 10.2 Å². The third kappa shape index (κ3) is 4.51. The van der Waals surface area contributed by atoms with Crippen molar-refractivity contribution in [2.75, 3.05) is 19.0 Å². The van der Waals surface area contributed by atoms with Gasteiger partial charge in [-0.15, -0.1) is 5.11 Å². The molecular weight excluding hydrogens is 350 g/mol. The number of aliphatic hydroxyl groups excluding tert-OH is 1. The standard InChI is InChI=1S/C23H21N3O2/c1-26(2)20-15-13-19(14-16-20)24-25-21(22(27)17-9-5-3-6-10-17)23(28)18-11-7-4-8-12-18/h3-16,27H,1-2H3/b22-21-,25-24?. The van der Waals surface area contributed by atoms with Crippen molar-refractivity contribution in [1.29, 1.82) is 0 Å². The monoisotopic (exact) mass is 371 g/mol. The van der Waals surface area contributed by atoms with Crippen LogP contribution in [0.25, 0.3) is 5.76 Å². The topological polar surface area (TPSA) is 65.3 Å². The lowest BCUT2D eigenvalue weighted by Gasteiger charge is -2.11. The summed E-state index contributed by atoms with van der Waals surface area (Å²) in [5.41, 5.74) is 2.45. The molecule has 0 heterocycles. The maximum atomic E-state index is 12.9. The van der Waals surface area contributed by atoms with Crippen molar-refractivity contribution in [3.8, 4) is 0 Å². The zero-order valence-electron chi connectivity index (χ0n) is 15.8. The first-order chi connectivity index (χ1) is 13.6. The van der Waals surface area contributed by atoms with Gasteiger partial charge in [0.15, 0.2) is 11.5 Å². The Balaban J connectivity index is 2.00. The largest absolute Gasteiger partial charge is 0.505 e. The third-order valence-corrected chi connectivity index (χ3v) is 4.15. The molecule has 0 saturated heterocycles. The maximum Gasteiger partial charge on any atom is 0.217 e. The molecule has 140 valence electrons. The van der Waals surface area contributed by atoms with Gasteiger partial charge in [0.2, 0.25) is 5.78 Å². The van der Waals surface area contributed by atoms with E-state index in [1.807, 2.05) is 55.4 Å². The van der Waals surface area contributed by atoms with E-state index in [1.54, 1.807) is 48.5 Å². The van der Waals surface area contributed by atoms with Gasteiger partial charge in [-0.2, -0.15) is 5.11 Å². The molecule has 3 rings (SSSR count). The average Bonchev–Trinajstić information content (AvgIpc) is 2.75. The van der Waals surface area contributed by atoms with Gasteiger partial charge >= 0.3 is 0 Å². The van der Waals surface area contributed by atoms with Crippen LogP contribution in [-0.4, -0.2) is 25.0 Å². The molecule has 0 atom stereocenters. The van der Waals surface area contributed by atoms with Crippen molar-refractivity contribution in [3.63, 3.8) is 0 Å². The Labute approximate surface area is 164 Å². The van der Waals surface area contributed by atoms with Gasteiger partial charge in [0.25, 0.3) is 0 Å². The van der Waals surface area contributed by atoms with E-state index in [4.69, 9.17) is 0 Å². The van der Waals surface area contributed by atoms with Gasteiger partial charge in [-0.25, -0.2) is 0 Å². The van der Waals surface area contributed by atoms with Crippen LogP contribution in [0.15, 0.2) is 101 Å². The summed E-state index contributed by atoms with van der Waals surface area (Å²) in [6.45, 7) is 0. The summed E-state index contributed by atoms with van der Waals surface area (Å²) in [4.78, 5) is 14.9. The molecule has 0 fully saturated rings. The number of rotatable bonds is 6. The van der Waals surface area contributed by atoms with E-state index in [0.717, 1.165) is 5.69 Å². The zero-order chi connectivity index (χ0) is 19.9. The Morgan fingerprint density at radius 3 is 1.86 bits per heavy atom. The molecule has 0 amide bonds. The molecule has 0 aliphatic heterocycles. The van der Waals surface area contributed by atoms with Crippen LogP contribution in [-0.2, 0) is 0 Å². The lowest BCUT2D eigenvalue weighted by atomic mass is 10.1. The molecule has 5 nitrogen and oxygen atoms in total. The number of azo groups is 1. The highest BCUT2D eigenvalue weighted by atomic mass is 16.3. The van der Waals surface area contributed by atoms with E-state index in [1.165, 1.54) is 0 Å². The molecule has 0 unspecified atom stereocenters. The van der Waals surface area contributed by atoms with Gasteiger partial charge in [-0.05, 0) is 24.3 Å². The number of Topliss-reactive ketones (excluding diaryl/α,β-unsaturated/α-hetero) is 1. The van der Waals surface area contributed by atoms with Crippen molar-refractivity contribution in [1.82, 2.24) is 0 Å². The smallest absolute Gasteiger partial charge is 0.217 e. The van der Waals surface area contributed by atoms with Crippen LogP contribution in [0.3, 0.4) is 0 Å². The number of carbonyl (C=O) groups is 1. The van der Waals surface area contributed by atoms with Gasteiger partial charge < -0.3 is 10.0 Å². The fourth-order valence-electron chi connectivity index (χ4n) is 2.58. The molecule has 0 radical (unpaired) electrons. The van der Waals surface area contributed by atoms with Crippen LogP contribution in [0.1, 0.15) is 15.9 Å². The molecule has 0 aliphatic carbocycles. The summed E-state index contributed by atoms with van der Waals surface area (Å²) in [5.74, 6) is -0.598. The summed E-state index contributed by atoms with van der Waals surface area (Å²) in [6.07, 6.45) is 0. The number of benzene rings is 3.